The molecule has 1 heterocycles. The van der Waals surface area contributed by atoms with E-state index in [2.05, 4.69) is 5.32 Å². The van der Waals surface area contributed by atoms with Gasteiger partial charge in [0.2, 0.25) is 0 Å². The Kier molecular flexibility index (Phi) is 4.47. The van der Waals surface area contributed by atoms with Crippen LogP contribution in [-0.2, 0) is 11.3 Å². The molecule has 3 rings (SSSR count). The lowest BCUT2D eigenvalue weighted by molar-refractivity contribution is -0.385. The molecule has 8 nitrogen and oxygen atoms in total. The van der Waals surface area contributed by atoms with Gasteiger partial charge in [0.15, 0.2) is 0 Å². The van der Waals surface area contributed by atoms with E-state index in [1.165, 1.54) is 11.0 Å². The van der Waals surface area contributed by atoms with Gasteiger partial charge in [-0.05, 0) is 32.2 Å². The molecule has 0 radical (unpaired) electrons. The molecule has 1 aliphatic carbocycles. The first-order valence-electron chi connectivity index (χ1n) is 8.45. The number of urea groups is 1. The summed E-state index contributed by atoms with van der Waals surface area (Å²) < 4.78 is 0. The van der Waals surface area contributed by atoms with Gasteiger partial charge < -0.3 is 5.32 Å². The number of rotatable bonds is 7. The molecule has 3 amide bonds. The predicted molar refractivity (Wildman–Crippen MR) is 90.6 cm³/mol. The molecular formula is C17H22N4O4. The van der Waals surface area contributed by atoms with Crippen molar-refractivity contribution < 1.29 is 14.5 Å². The van der Waals surface area contributed by atoms with E-state index in [1.807, 2.05) is 11.8 Å². The van der Waals surface area contributed by atoms with E-state index in [4.69, 9.17) is 0 Å². The van der Waals surface area contributed by atoms with Gasteiger partial charge in [-0.2, -0.15) is 0 Å². The van der Waals surface area contributed by atoms with Gasteiger partial charge >= 0.3 is 6.03 Å². The first kappa shape index (κ1) is 17.3. The smallest absolute Gasteiger partial charge is 0.323 e. The van der Waals surface area contributed by atoms with Gasteiger partial charge in [0.05, 0.1) is 11.6 Å². The number of amides is 3. The Morgan fingerprint density at radius 1 is 1.36 bits per heavy atom. The van der Waals surface area contributed by atoms with Crippen LogP contribution in [0, 0.1) is 16.0 Å². The third-order valence-electron chi connectivity index (χ3n) is 5.07. The van der Waals surface area contributed by atoms with Crippen LogP contribution in [0.25, 0.3) is 0 Å². The molecule has 0 aromatic heterocycles. The van der Waals surface area contributed by atoms with E-state index < -0.39 is 10.5 Å². The van der Waals surface area contributed by atoms with Crippen molar-refractivity contribution in [2.45, 2.75) is 38.8 Å². The molecule has 134 valence electrons. The highest BCUT2D eigenvalue weighted by Crippen LogP contribution is 2.42. The van der Waals surface area contributed by atoms with Gasteiger partial charge in [-0.15, -0.1) is 0 Å². The number of nitro groups is 1. The third kappa shape index (κ3) is 3.21. The molecule has 25 heavy (non-hydrogen) atoms. The quantitative estimate of drug-likeness (QED) is 0.463. The first-order chi connectivity index (χ1) is 11.9. The largest absolute Gasteiger partial charge is 0.326 e. The molecule has 1 unspecified atom stereocenters. The van der Waals surface area contributed by atoms with Gasteiger partial charge in [0.25, 0.3) is 11.6 Å². The van der Waals surface area contributed by atoms with E-state index in [1.54, 1.807) is 25.1 Å². The minimum atomic E-state index is -0.810. The van der Waals surface area contributed by atoms with E-state index in [9.17, 15) is 19.7 Å². The molecule has 1 aromatic rings. The van der Waals surface area contributed by atoms with Gasteiger partial charge in [-0.3, -0.25) is 19.8 Å². The molecule has 2 fully saturated rings. The Hall–Kier alpha value is -2.48. The Morgan fingerprint density at radius 3 is 2.64 bits per heavy atom. The highest BCUT2D eigenvalue weighted by Gasteiger charge is 2.56. The van der Waals surface area contributed by atoms with Gasteiger partial charge in [0.1, 0.15) is 5.54 Å². The molecule has 2 aliphatic rings. The van der Waals surface area contributed by atoms with Crippen molar-refractivity contribution in [3.05, 3.63) is 39.9 Å². The summed E-state index contributed by atoms with van der Waals surface area (Å²) in [5.74, 6) is 0.000230. The van der Waals surface area contributed by atoms with Crippen LogP contribution in [-0.4, -0.2) is 45.4 Å². The van der Waals surface area contributed by atoms with Gasteiger partial charge in [0, 0.05) is 18.2 Å². The highest BCUT2D eigenvalue weighted by atomic mass is 16.6. The van der Waals surface area contributed by atoms with Crippen LogP contribution in [0.15, 0.2) is 24.3 Å². The Balaban J connectivity index is 1.74. The molecule has 1 saturated carbocycles. The maximum atomic E-state index is 12.7. The van der Waals surface area contributed by atoms with Crippen molar-refractivity contribution >= 4 is 17.6 Å². The summed E-state index contributed by atoms with van der Waals surface area (Å²) in [6, 6.07) is 6.13. The SMILES string of the molecule is CCN(Cc1ccccc1[N+](=O)[O-])CN1C(=O)NC(C)(C2CC2)C1=O. The lowest BCUT2D eigenvalue weighted by Gasteiger charge is -2.26. The first-order valence-corrected chi connectivity index (χ1v) is 8.45. The molecule has 0 bridgehead atoms. The maximum Gasteiger partial charge on any atom is 0.326 e. The Bertz CT molecular complexity index is 718. The van der Waals surface area contributed by atoms with E-state index in [0.29, 0.717) is 18.7 Å². The number of hydrogen-bond donors (Lipinski definition) is 1. The van der Waals surface area contributed by atoms with Crippen LogP contribution in [0.3, 0.4) is 0 Å². The van der Waals surface area contributed by atoms with Crippen LogP contribution in [0.2, 0.25) is 0 Å². The summed E-state index contributed by atoms with van der Waals surface area (Å²) in [4.78, 5) is 38.8. The van der Waals surface area contributed by atoms with Gasteiger partial charge in [-0.1, -0.05) is 25.1 Å². The number of carbonyl (C=O) groups is 2. The zero-order chi connectivity index (χ0) is 18.2. The van der Waals surface area contributed by atoms with Crippen LogP contribution < -0.4 is 5.32 Å². The van der Waals surface area contributed by atoms with Crippen molar-refractivity contribution in [2.24, 2.45) is 5.92 Å². The number of nitrogens with one attached hydrogen (secondary N) is 1. The zero-order valence-corrected chi connectivity index (χ0v) is 14.4. The zero-order valence-electron chi connectivity index (χ0n) is 14.4. The topological polar surface area (TPSA) is 95.8 Å². The molecule has 1 aliphatic heterocycles. The number of benzene rings is 1. The minimum Gasteiger partial charge on any atom is -0.323 e. The molecule has 1 aromatic carbocycles. The predicted octanol–water partition coefficient (Wildman–Crippen LogP) is 2.09. The lowest BCUT2D eigenvalue weighted by atomic mass is 9.96. The van der Waals surface area contributed by atoms with Crippen molar-refractivity contribution in [1.29, 1.82) is 0 Å². The maximum absolute atomic E-state index is 12.7. The molecule has 1 atom stereocenters. The van der Waals surface area contributed by atoms with Crippen molar-refractivity contribution in [2.75, 3.05) is 13.2 Å². The molecule has 1 N–H and O–H groups in total. The third-order valence-corrected chi connectivity index (χ3v) is 5.07. The normalized spacial score (nSPS) is 23.2. The summed E-state index contributed by atoms with van der Waals surface area (Å²) >= 11 is 0. The number of hydrogen-bond acceptors (Lipinski definition) is 5. The van der Waals surface area contributed by atoms with Crippen molar-refractivity contribution in [3.63, 3.8) is 0 Å². The van der Waals surface area contributed by atoms with Crippen LogP contribution in [0.5, 0.6) is 0 Å². The number of nitrogens with zero attached hydrogens (tertiary/aromatic N) is 3. The fourth-order valence-corrected chi connectivity index (χ4v) is 3.31. The van der Waals surface area contributed by atoms with Crippen LogP contribution in [0.4, 0.5) is 10.5 Å². The van der Waals surface area contributed by atoms with Crippen molar-refractivity contribution in [1.82, 2.24) is 15.1 Å². The van der Waals surface area contributed by atoms with E-state index in [-0.39, 0.29) is 30.2 Å². The monoisotopic (exact) mass is 346 g/mol. The van der Waals surface area contributed by atoms with E-state index >= 15 is 0 Å². The average molecular weight is 346 g/mol. The Labute approximate surface area is 145 Å². The average Bonchev–Trinajstić information content (AvgIpc) is 3.40. The number of nitro benzene ring substituents is 1. The summed E-state index contributed by atoms with van der Waals surface area (Å²) in [6.07, 6.45) is 1.90. The fourth-order valence-electron chi connectivity index (χ4n) is 3.31. The lowest BCUT2D eigenvalue weighted by Crippen LogP contribution is -2.47. The van der Waals surface area contributed by atoms with Crippen LogP contribution in [0.1, 0.15) is 32.3 Å². The standard InChI is InChI=1S/C17H22N4O4/c1-3-19(10-12-6-4-5-7-14(12)21(24)25)11-20-15(22)17(2,13-8-9-13)18-16(20)23/h4-7,13H,3,8-11H2,1-2H3,(H,18,23). The van der Waals surface area contributed by atoms with E-state index in [0.717, 1.165) is 12.8 Å². The summed E-state index contributed by atoms with van der Waals surface area (Å²) in [5.41, 5.74) is -0.206. The van der Waals surface area contributed by atoms with Crippen LogP contribution >= 0.6 is 0 Å². The van der Waals surface area contributed by atoms with Gasteiger partial charge in [-0.25, -0.2) is 9.69 Å². The minimum absolute atomic E-state index is 0.0426. The summed E-state index contributed by atoms with van der Waals surface area (Å²) in [6.45, 7) is 4.65. The Morgan fingerprint density at radius 2 is 2.04 bits per heavy atom. The second kappa shape index (κ2) is 6.44. The second-order valence-electron chi connectivity index (χ2n) is 6.81. The number of carbonyl (C=O) groups excluding carboxylic acids is 2. The van der Waals surface area contributed by atoms with Crippen molar-refractivity contribution in [3.8, 4) is 0 Å². The molecule has 1 saturated heterocycles. The second-order valence-corrected chi connectivity index (χ2v) is 6.81. The molecular weight excluding hydrogens is 324 g/mol. The molecule has 0 spiro atoms. The highest BCUT2D eigenvalue weighted by molar-refractivity contribution is 6.07. The summed E-state index contributed by atoms with van der Waals surface area (Å²) in [5, 5.41) is 14.0. The fraction of sp³-hybridized carbons (Fsp3) is 0.529. The number of para-hydroxylation sites is 1. The molecule has 8 heteroatoms. The number of imide groups is 1. The summed E-state index contributed by atoms with van der Waals surface area (Å²) in [7, 11) is 0.